The normalized spacial score (nSPS) is 23.8. The molecule has 8 heteroatoms. The highest BCUT2D eigenvalue weighted by atomic mass is 16.2. The summed E-state index contributed by atoms with van der Waals surface area (Å²) < 4.78 is 0. The number of amides is 4. The first-order chi connectivity index (χ1) is 11.4. The fraction of sp³-hybridized carbons (Fsp3) is 0.375. The largest absolute Gasteiger partial charge is 0.369 e. The van der Waals surface area contributed by atoms with Gasteiger partial charge in [0.2, 0.25) is 23.6 Å². The molecule has 0 aromatic heterocycles. The van der Waals surface area contributed by atoms with Crippen LogP contribution in [0.2, 0.25) is 0 Å². The van der Waals surface area contributed by atoms with Crippen LogP contribution in [0.4, 0.5) is 11.4 Å². The summed E-state index contributed by atoms with van der Waals surface area (Å²) in [4.78, 5) is 49.8. The molecule has 8 nitrogen and oxygen atoms in total. The zero-order valence-corrected chi connectivity index (χ0v) is 13.0. The van der Waals surface area contributed by atoms with Crippen LogP contribution in [-0.4, -0.2) is 36.7 Å². The van der Waals surface area contributed by atoms with E-state index in [-0.39, 0.29) is 37.7 Å². The number of carbonyl (C=O) groups is 4. The Morgan fingerprint density at radius 2 is 1.29 bits per heavy atom. The summed E-state index contributed by atoms with van der Waals surface area (Å²) in [5.41, 5.74) is 11.7. The lowest BCUT2D eigenvalue weighted by Gasteiger charge is -2.21. The Kier molecular flexibility index (Phi) is 3.96. The molecule has 1 aromatic carbocycles. The Morgan fingerprint density at radius 3 is 1.62 bits per heavy atom. The first kappa shape index (κ1) is 16.0. The van der Waals surface area contributed by atoms with Gasteiger partial charge in [0.15, 0.2) is 0 Å². The molecule has 2 heterocycles. The Bertz CT molecular complexity index is 675. The van der Waals surface area contributed by atoms with E-state index in [0.29, 0.717) is 11.4 Å². The van der Waals surface area contributed by atoms with Crippen molar-refractivity contribution in [1.29, 1.82) is 0 Å². The number of rotatable bonds is 4. The highest BCUT2D eigenvalue weighted by Crippen LogP contribution is 2.31. The molecule has 2 aliphatic heterocycles. The van der Waals surface area contributed by atoms with E-state index in [1.807, 2.05) is 0 Å². The van der Waals surface area contributed by atoms with Gasteiger partial charge in [-0.1, -0.05) is 6.07 Å². The molecule has 0 aliphatic carbocycles. The fourth-order valence-electron chi connectivity index (χ4n) is 3.12. The molecule has 1 aromatic rings. The zero-order chi connectivity index (χ0) is 17.4. The second-order valence-electron chi connectivity index (χ2n) is 6.14. The predicted molar refractivity (Wildman–Crippen MR) is 85.8 cm³/mol. The third-order valence-electron chi connectivity index (χ3n) is 4.51. The van der Waals surface area contributed by atoms with Gasteiger partial charge in [0, 0.05) is 37.3 Å². The maximum atomic E-state index is 12.1. The fourth-order valence-corrected chi connectivity index (χ4v) is 3.12. The summed E-state index contributed by atoms with van der Waals surface area (Å²) in [7, 11) is 0. The zero-order valence-electron chi connectivity index (χ0n) is 13.0. The minimum absolute atomic E-state index is 0.0892. The van der Waals surface area contributed by atoms with Gasteiger partial charge in [0.1, 0.15) is 0 Å². The van der Waals surface area contributed by atoms with Gasteiger partial charge in [0.25, 0.3) is 0 Å². The summed E-state index contributed by atoms with van der Waals surface area (Å²) in [5, 5.41) is 0. The van der Waals surface area contributed by atoms with Crippen LogP contribution in [0.15, 0.2) is 24.3 Å². The van der Waals surface area contributed by atoms with Gasteiger partial charge in [-0.2, -0.15) is 0 Å². The monoisotopic (exact) mass is 330 g/mol. The third kappa shape index (κ3) is 2.82. The van der Waals surface area contributed by atoms with Crippen LogP contribution in [-0.2, 0) is 19.2 Å². The van der Waals surface area contributed by atoms with Crippen molar-refractivity contribution in [2.24, 2.45) is 23.3 Å². The van der Waals surface area contributed by atoms with E-state index in [1.54, 1.807) is 24.3 Å². The molecule has 24 heavy (non-hydrogen) atoms. The molecular weight excluding hydrogens is 312 g/mol. The van der Waals surface area contributed by atoms with Crippen LogP contribution in [0, 0.1) is 11.8 Å². The number of nitrogens with two attached hydrogens (primary N) is 2. The van der Waals surface area contributed by atoms with E-state index in [2.05, 4.69) is 0 Å². The molecule has 0 bridgehead atoms. The molecule has 3 rings (SSSR count). The summed E-state index contributed by atoms with van der Waals surface area (Å²) in [6, 6.07) is 6.89. The van der Waals surface area contributed by atoms with Gasteiger partial charge >= 0.3 is 0 Å². The van der Waals surface area contributed by atoms with Gasteiger partial charge in [0.05, 0.1) is 11.8 Å². The molecule has 2 fully saturated rings. The van der Waals surface area contributed by atoms with E-state index in [4.69, 9.17) is 11.5 Å². The molecule has 0 saturated carbocycles. The summed E-state index contributed by atoms with van der Waals surface area (Å²) in [6.07, 6.45) is 0.178. The van der Waals surface area contributed by atoms with Crippen molar-refractivity contribution in [1.82, 2.24) is 0 Å². The smallest absolute Gasteiger partial charge is 0.227 e. The number of benzene rings is 1. The summed E-state index contributed by atoms with van der Waals surface area (Å²) >= 11 is 0. The van der Waals surface area contributed by atoms with Crippen molar-refractivity contribution in [3.63, 3.8) is 0 Å². The van der Waals surface area contributed by atoms with Crippen molar-refractivity contribution < 1.29 is 19.2 Å². The van der Waals surface area contributed by atoms with Crippen LogP contribution in [0.25, 0.3) is 0 Å². The Morgan fingerprint density at radius 1 is 0.875 bits per heavy atom. The average Bonchev–Trinajstić information content (AvgIpc) is 3.11. The molecule has 2 atom stereocenters. The molecular formula is C16H18N4O4. The van der Waals surface area contributed by atoms with Gasteiger partial charge in [-0.25, -0.2) is 0 Å². The van der Waals surface area contributed by atoms with Crippen molar-refractivity contribution in [3.05, 3.63) is 24.3 Å². The molecule has 0 spiro atoms. The van der Waals surface area contributed by atoms with Gasteiger partial charge in [-0.3, -0.25) is 19.2 Å². The molecule has 0 radical (unpaired) electrons. The minimum atomic E-state index is -0.506. The minimum Gasteiger partial charge on any atom is -0.369 e. The van der Waals surface area contributed by atoms with Crippen LogP contribution in [0.1, 0.15) is 12.8 Å². The molecule has 2 aliphatic rings. The van der Waals surface area contributed by atoms with Crippen molar-refractivity contribution >= 4 is 35.0 Å². The first-order valence-corrected chi connectivity index (χ1v) is 7.66. The maximum absolute atomic E-state index is 12.1. The quantitative estimate of drug-likeness (QED) is 0.761. The van der Waals surface area contributed by atoms with Crippen LogP contribution < -0.4 is 21.3 Å². The van der Waals surface area contributed by atoms with E-state index in [9.17, 15) is 19.2 Å². The number of nitrogens with zero attached hydrogens (tertiary/aromatic N) is 2. The second kappa shape index (κ2) is 5.95. The number of carbonyl (C=O) groups excluding carboxylic acids is 4. The van der Waals surface area contributed by atoms with Gasteiger partial charge in [-0.05, 0) is 18.2 Å². The van der Waals surface area contributed by atoms with Crippen molar-refractivity contribution in [3.8, 4) is 0 Å². The Labute approximate surface area is 138 Å². The SMILES string of the molecule is NC(=O)[C@@H]1CC(=O)N(c2cccc(N3C[C@H](C(N)=O)CC3=O)c2)C1. The van der Waals surface area contributed by atoms with E-state index in [1.165, 1.54) is 9.80 Å². The summed E-state index contributed by atoms with van der Waals surface area (Å²) in [6.45, 7) is 0.463. The number of anilines is 2. The number of primary amides is 2. The van der Waals surface area contributed by atoms with Crippen LogP contribution >= 0.6 is 0 Å². The molecule has 2 saturated heterocycles. The molecule has 4 amide bonds. The number of hydrogen-bond acceptors (Lipinski definition) is 4. The Hall–Kier alpha value is -2.90. The second-order valence-corrected chi connectivity index (χ2v) is 6.14. The summed E-state index contributed by atoms with van der Waals surface area (Å²) in [5.74, 6) is -2.37. The molecule has 0 unspecified atom stereocenters. The Balaban J connectivity index is 1.83. The standard InChI is InChI=1S/C16H18N4O4/c17-15(23)9-4-13(21)19(7-9)11-2-1-3-12(6-11)20-8-10(16(18)24)5-14(20)22/h1-3,6,9-10H,4-5,7-8H2,(H2,17,23)(H2,18,24)/t9-,10-/m1/s1. The van der Waals surface area contributed by atoms with Crippen molar-refractivity contribution in [2.75, 3.05) is 22.9 Å². The van der Waals surface area contributed by atoms with Crippen molar-refractivity contribution in [2.45, 2.75) is 12.8 Å². The highest BCUT2D eigenvalue weighted by Gasteiger charge is 2.36. The molecule has 4 N–H and O–H groups in total. The van der Waals surface area contributed by atoms with Crippen LogP contribution in [0.3, 0.4) is 0 Å². The topological polar surface area (TPSA) is 127 Å². The van der Waals surface area contributed by atoms with Crippen LogP contribution in [0.5, 0.6) is 0 Å². The lowest BCUT2D eigenvalue weighted by Crippen LogP contribution is -2.30. The average molecular weight is 330 g/mol. The van der Waals surface area contributed by atoms with E-state index < -0.39 is 23.7 Å². The number of hydrogen-bond donors (Lipinski definition) is 2. The lowest BCUT2D eigenvalue weighted by atomic mass is 10.1. The van der Waals surface area contributed by atoms with Gasteiger partial charge in [-0.15, -0.1) is 0 Å². The van der Waals surface area contributed by atoms with E-state index >= 15 is 0 Å². The van der Waals surface area contributed by atoms with Gasteiger partial charge < -0.3 is 21.3 Å². The predicted octanol–water partition coefficient (Wildman–Crippen LogP) is -0.637. The first-order valence-electron chi connectivity index (χ1n) is 7.66. The third-order valence-corrected chi connectivity index (χ3v) is 4.51. The highest BCUT2D eigenvalue weighted by molar-refractivity contribution is 6.02. The maximum Gasteiger partial charge on any atom is 0.227 e. The molecule has 126 valence electrons. The van der Waals surface area contributed by atoms with E-state index in [0.717, 1.165) is 0 Å². The lowest BCUT2D eigenvalue weighted by molar-refractivity contribution is -0.123.